The molecule has 0 amide bonds. The number of nitrogens with zero attached hydrogens (tertiary/aromatic N) is 4. The summed E-state index contributed by atoms with van der Waals surface area (Å²) in [4.78, 5) is 11.7. The topological polar surface area (TPSA) is 78.6 Å². The van der Waals surface area contributed by atoms with Gasteiger partial charge in [0, 0.05) is 44.1 Å². The molecule has 25 heavy (non-hydrogen) atoms. The summed E-state index contributed by atoms with van der Waals surface area (Å²) >= 11 is 0. The van der Waals surface area contributed by atoms with Crippen LogP contribution in [0.3, 0.4) is 0 Å². The van der Waals surface area contributed by atoms with E-state index >= 15 is 0 Å². The van der Waals surface area contributed by atoms with E-state index in [1.54, 1.807) is 0 Å². The summed E-state index contributed by atoms with van der Waals surface area (Å²) in [6.45, 7) is 10.2. The zero-order chi connectivity index (χ0) is 17.6. The van der Waals surface area contributed by atoms with E-state index in [2.05, 4.69) is 51.4 Å². The van der Waals surface area contributed by atoms with Gasteiger partial charge in [0.1, 0.15) is 0 Å². The third-order valence-corrected chi connectivity index (χ3v) is 4.87. The molecule has 0 aromatic carbocycles. The Hall–Kier alpha value is -1.63. The molecule has 7 heteroatoms. The molecule has 3 rings (SSSR count). The van der Waals surface area contributed by atoms with Crippen LogP contribution in [0.2, 0.25) is 0 Å². The Morgan fingerprint density at radius 1 is 1.28 bits per heavy atom. The van der Waals surface area contributed by atoms with Gasteiger partial charge in [0.15, 0.2) is 11.8 Å². The van der Waals surface area contributed by atoms with Crippen molar-refractivity contribution in [3.63, 3.8) is 0 Å². The molecule has 140 valence electrons. The Balaban J connectivity index is 1.45. The average molecular weight is 348 g/mol. The van der Waals surface area contributed by atoms with Gasteiger partial charge in [-0.2, -0.15) is 4.98 Å². The quantitative estimate of drug-likeness (QED) is 0.579. The van der Waals surface area contributed by atoms with Crippen LogP contribution in [0.25, 0.3) is 0 Å². The summed E-state index contributed by atoms with van der Waals surface area (Å²) in [5, 5.41) is 10.9. The predicted octanol–water partition coefficient (Wildman–Crippen LogP) is 1.92. The maximum absolute atomic E-state index is 5.28. The maximum Gasteiger partial charge on any atom is 0.228 e. The predicted molar refractivity (Wildman–Crippen MR) is 98.8 cm³/mol. The summed E-state index contributed by atoms with van der Waals surface area (Å²) in [6, 6.07) is 1.40. The number of rotatable bonds is 7. The van der Waals surface area contributed by atoms with E-state index in [9.17, 15) is 0 Å². The van der Waals surface area contributed by atoms with Gasteiger partial charge in [-0.3, -0.25) is 4.99 Å². The molecule has 0 bridgehead atoms. The molecule has 1 aromatic heterocycles. The molecule has 1 saturated carbocycles. The van der Waals surface area contributed by atoms with Gasteiger partial charge < -0.3 is 20.1 Å². The number of hydrogen-bond acceptors (Lipinski definition) is 5. The van der Waals surface area contributed by atoms with E-state index in [1.807, 2.05) is 0 Å². The lowest BCUT2D eigenvalue weighted by molar-refractivity contribution is 0.197. The molecule has 7 nitrogen and oxygen atoms in total. The van der Waals surface area contributed by atoms with Crippen molar-refractivity contribution in [1.82, 2.24) is 25.7 Å². The van der Waals surface area contributed by atoms with E-state index in [-0.39, 0.29) is 0 Å². The Kier molecular flexibility index (Phi) is 6.29. The van der Waals surface area contributed by atoms with Crippen molar-refractivity contribution in [2.45, 2.75) is 70.9 Å². The van der Waals surface area contributed by atoms with Crippen LogP contribution in [-0.4, -0.2) is 59.3 Å². The Labute approximate surface area is 150 Å². The van der Waals surface area contributed by atoms with Gasteiger partial charge in [0.25, 0.3) is 0 Å². The number of piperidine rings is 1. The summed E-state index contributed by atoms with van der Waals surface area (Å²) in [7, 11) is 0. The second-order valence-electron chi connectivity index (χ2n) is 7.40. The summed E-state index contributed by atoms with van der Waals surface area (Å²) < 4.78 is 5.28. The van der Waals surface area contributed by atoms with Crippen LogP contribution >= 0.6 is 0 Å². The molecule has 1 aromatic rings. The SMILES string of the molecule is CCNC(=NCCc1nc(C(C)C)no1)NC1CCN(C2CC2)CC1. The summed E-state index contributed by atoms with van der Waals surface area (Å²) in [6.07, 6.45) is 5.87. The Morgan fingerprint density at radius 3 is 2.64 bits per heavy atom. The van der Waals surface area contributed by atoms with Gasteiger partial charge >= 0.3 is 0 Å². The van der Waals surface area contributed by atoms with Crippen molar-refractivity contribution in [3.8, 4) is 0 Å². The first-order valence-corrected chi connectivity index (χ1v) is 9.77. The minimum Gasteiger partial charge on any atom is -0.357 e. The number of nitrogens with one attached hydrogen (secondary N) is 2. The third kappa shape index (κ3) is 5.42. The number of likely N-dealkylation sites (tertiary alicyclic amines) is 1. The van der Waals surface area contributed by atoms with Crippen LogP contribution in [0.1, 0.15) is 64.1 Å². The van der Waals surface area contributed by atoms with Crippen molar-refractivity contribution in [2.24, 2.45) is 4.99 Å². The van der Waals surface area contributed by atoms with Crippen LogP contribution in [0.5, 0.6) is 0 Å². The number of hydrogen-bond donors (Lipinski definition) is 2. The molecule has 1 saturated heterocycles. The van der Waals surface area contributed by atoms with Crippen LogP contribution < -0.4 is 10.6 Å². The molecular weight excluding hydrogens is 316 g/mol. The normalized spacial score (nSPS) is 20.2. The zero-order valence-corrected chi connectivity index (χ0v) is 15.8. The van der Waals surface area contributed by atoms with Gasteiger partial charge in [-0.25, -0.2) is 0 Å². The molecule has 2 N–H and O–H groups in total. The molecular formula is C18H32N6O. The molecule has 2 heterocycles. The first kappa shape index (κ1) is 18.2. The highest BCUT2D eigenvalue weighted by molar-refractivity contribution is 5.80. The van der Waals surface area contributed by atoms with Gasteiger partial charge in [0.05, 0.1) is 6.54 Å². The molecule has 0 atom stereocenters. The average Bonchev–Trinajstić information content (AvgIpc) is 3.34. The van der Waals surface area contributed by atoms with E-state index < -0.39 is 0 Å². The van der Waals surface area contributed by atoms with Crippen LogP contribution in [0.4, 0.5) is 0 Å². The molecule has 0 radical (unpaired) electrons. The molecule has 1 aliphatic heterocycles. The van der Waals surface area contributed by atoms with Crippen molar-refractivity contribution >= 4 is 5.96 Å². The van der Waals surface area contributed by atoms with E-state index in [1.165, 1.54) is 38.8 Å². The van der Waals surface area contributed by atoms with Gasteiger partial charge in [-0.05, 0) is 32.6 Å². The standard InChI is InChI=1S/C18H32N6O/c1-4-19-18(20-10-7-16-22-17(13(2)3)23-25-16)21-14-8-11-24(12-9-14)15-5-6-15/h13-15H,4-12H2,1-3H3,(H2,19,20,21). The lowest BCUT2D eigenvalue weighted by atomic mass is 10.1. The van der Waals surface area contributed by atoms with Crippen LogP contribution in [0, 0.1) is 0 Å². The highest BCUT2D eigenvalue weighted by atomic mass is 16.5. The van der Waals surface area contributed by atoms with Gasteiger partial charge in [0.2, 0.25) is 5.89 Å². The number of aromatic nitrogens is 2. The molecule has 2 fully saturated rings. The molecule has 2 aliphatic rings. The molecule has 0 spiro atoms. The maximum atomic E-state index is 5.28. The largest absolute Gasteiger partial charge is 0.357 e. The zero-order valence-electron chi connectivity index (χ0n) is 15.8. The fraction of sp³-hybridized carbons (Fsp3) is 0.833. The first-order valence-electron chi connectivity index (χ1n) is 9.77. The highest BCUT2D eigenvalue weighted by Gasteiger charge is 2.31. The number of aliphatic imine (C=N–C) groups is 1. The van der Waals surface area contributed by atoms with Gasteiger partial charge in [-0.15, -0.1) is 0 Å². The van der Waals surface area contributed by atoms with E-state index in [4.69, 9.17) is 4.52 Å². The third-order valence-electron chi connectivity index (χ3n) is 4.87. The Morgan fingerprint density at radius 2 is 2.04 bits per heavy atom. The lowest BCUT2D eigenvalue weighted by Crippen LogP contribution is -2.49. The minimum absolute atomic E-state index is 0.293. The monoisotopic (exact) mass is 348 g/mol. The fourth-order valence-corrected chi connectivity index (χ4v) is 3.23. The van der Waals surface area contributed by atoms with Crippen LogP contribution in [0.15, 0.2) is 9.52 Å². The number of guanidine groups is 1. The minimum atomic E-state index is 0.293. The van der Waals surface area contributed by atoms with Crippen molar-refractivity contribution in [3.05, 3.63) is 11.7 Å². The van der Waals surface area contributed by atoms with Crippen molar-refractivity contribution in [2.75, 3.05) is 26.2 Å². The van der Waals surface area contributed by atoms with Crippen molar-refractivity contribution < 1.29 is 4.52 Å². The second kappa shape index (κ2) is 8.65. The lowest BCUT2D eigenvalue weighted by Gasteiger charge is -2.33. The summed E-state index contributed by atoms with van der Waals surface area (Å²) in [5.41, 5.74) is 0. The molecule has 1 aliphatic carbocycles. The first-order chi connectivity index (χ1) is 12.2. The smallest absolute Gasteiger partial charge is 0.228 e. The van der Waals surface area contributed by atoms with Crippen LogP contribution in [-0.2, 0) is 6.42 Å². The fourth-order valence-electron chi connectivity index (χ4n) is 3.23. The van der Waals surface area contributed by atoms with E-state index in [0.29, 0.717) is 30.8 Å². The highest BCUT2D eigenvalue weighted by Crippen LogP contribution is 2.29. The van der Waals surface area contributed by atoms with Gasteiger partial charge in [-0.1, -0.05) is 19.0 Å². The van der Waals surface area contributed by atoms with E-state index in [0.717, 1.165) is 24.4 Å². The molecule has 0 unspecified atom stereocenters. The van der Waals surface area contributed by atoms with Crippen molar-refractivity contribution in [1.29, 1.82) is 0 Å². The Bertz CT molecular complexity index is 558. The summed E-state index contributed by atoms with van der Waals surface area (Å²) in [5.74, 6) is 2.63. The second-order valence-corrected chi connectivity index (χ2v) is 7.40.